The first-order valence-electron chi connectivity index (χ1n) is 10.7. The Morgan fingerprint density at radius 3 is 2.61 bits per heavy atom. The monoisotopic (exact) mass is 525 g/mol. The van der Waals surface area contributed by atoms with E-state index >= 15 is 0 Å². The van der Waals surface area contributed by atoms with E-state index in [0.29, 0.717) is 5.39 Å². The van der Waals surface area contributed by atoms with E-state index in [2.05, 4.69) is 15.4 Å². The SMILES string of the molecule is CCn1c(CO)nn(-c2cc(OC(C)C(F)(F)F)c3c(Nc4c(F)cccc4Cl)nccc3c2)c1=O. The van der Waals surface area contributed by atoms with Gasteiger partial charge in [-0.05, 0) is 43.5 Å². The maximum absolute atomic E-state index is 14.4. The number of nitrogens with one attached hydrogen (secondary N) is 1. The molecule has 2 heterocycles. The molecule has 1 unspecified atom stereocenters. The maximum atomic E-state index is 14.4. The Kier molecular flexibility index (Phi) is 6.92. The molecule has 2 aromatic heterocycles. The normalized spacial score (nSPS) is 12.7. The van der Waals surface area contributed by atoms with Gasteiger partial charge in [-0.1, -0.05) is 17.7 Å². The number of pyridine rings is 1. The van der Waals surface area contributed by atoms with Crippen LogP contribution in [0.4, 0.5) is 29.1 Å². The summed E-state index contributed by atoms with van der Waals surface area (Å²) < 4.78 is 62.1. The summed E-state index contributed by atoms with van der Waals surface area (Å²) in [6.07, 6.45) is -5.57. The molecular weight excluding hydrogens is 506 g/mol. The van der Waals surface area contributed by atoms with Crippen LogP contribution in [0.15, 0.2) is 47.4 Å². The molecule has 0 aliphatic carbocycles. The molecule has 4 aromatic rings. The fraction of sp³-hybridized carbons (Fsp3) is 0.261. The van der Waals surface area contributed by atoms with Crippen LogP contribution in [-0.4, -0.2) is 36.7 Å². The lowest BCUT2D eigenvalue weighted by Crippen LogP contribution is -2.31. The second-order valence-electron chi connectivity index (χ2n) is 7.74. The first-order valence-corrected chi connectivity index (χ1v) is 11.1. The quantitative estimate of drug-likeness (QED) is 0.331. The molecule has 8 nitrogen and oxygen atoms in total. The fourth-order valence-corrected chi connectivity index (χ4v) is 3.82. The van der Waals surface area contributed by atoms with Gasteiger partial charge < -0.3 is 15.2 Å². The largest absolute Gasteiger partial charge is 0.480 e. The van der Waals surface area contributed by atoms with E-state index in [1.165, 1.54) is 41.1 Å². The van der Waals surface area contributed by atoms with Crippen molar-refractivity contribution in [3.63, 3.8) is 0 Å². The van der Waals surface area contributed by atoms with Gasteiger partial charge >= 0.3 is 11.9 Å². The van der Waals surface area contributed by atoms with E-state index in [0.717, 1.165) is 17.7 Å². The van der Waals surface area contributed by atoms with E-state index in [4.69, 9.17) is 16.3 Å². The van der Waals surface area contributed by atoms with Gasteiger partial charge in [0, 0.05) is 18.8 Å². The van der Waals surface area contributed by atoms with Gasteiger partial charge in [0.1, 0.15) is 24.0 Å². The van der Waals surface area contributed by atoms with Crippen molar-refractivity contribution in [2.24, 2.45) is 0 Å². The molecule has 190 valence electrons. The number of aliphatic hydroxyl groups is 1. The highest BCUT2D eigenvalue weighted by molar-refractivity contribution is 6.33. The van der Waals surface area contributed by atoms with Crippen molar-refractivity contribution in [3.8, 4) is 11.4 Å². The van der Waals surface area contributed by atoms with E-state index < -0.39 is 30.4 Å². The second-order valence-corrected chi connectivity index (χ2v) is 8.15. The zero-order valence-electron chi connectivity index (χ0n) is 19.0. The third-order valence-corrected chi connectivity index (χ3v) is 5.74. The molecule has 0 bridgehead atoms. The first kappa shape index (κ1) is 25.5. The molecule has 0 saturated heterocycles. The summed E-state index contributed by atoms with van der Waals surface area (Å²) in [7, 11) is 0. The Morgan fingerprint density at radius 2 is 2.00 bits per heavy atom. The molecule has 0 radical (unpaired) electrons. The maximum Gasteiger partial charge on any atom is 0.425 e. The number of alkyl halides is 3. The molecule has 13 heteroatoms. The molecule has 0 amide bonds. The molecule has 2 aromatic carbocycles. The number of benzene rings is 2. The highest BCUT2D eigenvalue weighted by atomic mass is 35.5. The number of anilines is 2. The average molecular weight is 526 g/mol. The highest BCUT2D eigenvalue weighted by Crippen LogP contribution is 2.38. The zero-order chi connectivity index (χ0) is 26.2. The number of aliphatic hydroxyl groups excluding tert-OH is 1. The molecule has 0 aliphatic rings. The topological polar surface area (TPSA) is 94.2 Å². The van der Waals surface area contributed by atoms with E-state index in [-0.39, 0.29) is 45.7 Å². The standard InChI is InChI=1S/C23H20ClF4N5O3/c1-3-32-18(11-34)31-33(22(32)35)14-9-13-7-8-29-21(30-20-15(24)5-4-6-16(20)25)19(13)17(10-14)36-12(2)23(26,27)28/h4-10,12,34H,3,11H2,1-2H3,(H,29,30). The zero-order valence-corrected chi connectivity index (χ0v) is 19.7. The van der Waals surface area contributed by atoms with Crippen molar-refractivity contribution in [1.29, 1.82) is 0 Å². The van der Waals surface area contributed by atoms with Crippen LogP contribution >= 0.6 is 11.6 Å². The van der Waals surface area contributed by atoms with Crippen molar-refractivity contribution in [2.45, 2.75) is 39.3 Å². The van der Waals surface area contributed by atoms with Gasteiger partial charge in [0.15, 0.2) is 11.9 Å². The van der Waals surface area contributed by atoms with Crippen LogP contribution < -0.4 is 15.7 Å². The number of halogens is 5. The summed E-state index contributed by atoms with van der Waals surface area (Å²) in [4.78, 5) is 17.0. The minimum Gasteiger partial charge on any atom is -0.480 e. The highest BCUT2D eigenvalue weighted by Gasteiger charge is 2.38. The van der Waals surface area contributed by atoms with Gasteiger partial charge in [-0.25, -0.2) is 14.2 Å². The lowest BCUT2D eigenvalue weighted by atomic mass is 10.1. The van der Waals surface area contributed by atoms with Crippen LogP contribution in [0.3, 0.4) is 0 Å². The number of hydrogen-bond acceptors (Lipinski definition) is 6. The van der Waals surface area contributed by atoms with Gasteiger partial charge in [0.2, 0.25) is 0 Å². The molecule has 36 heavy (non-hydrogen) atoms. The van der Waals surface area contributed by atoms with E-state index in [9.17, 15) is 27.5 Å². The summed E-state index contributed by atoms with van der Waals surface area (Å²) in [5.74, 6) is -0.908. The predicted octanol–water partition coefficient (Wildman–Crippen LogP) is 4.96. The number of rotatable bonds is 7. The Bertz CT molecular complexity index is 1470. The minimum absolute atomic E-state index is 0.0158. The number of fused-ring (bicyclic) bond motifs is 1. The molecule has 4 rings (SSSR count). The lowest BCUT2D eigenvalue weighted by Gasteiger charge is -2.21. The summed E-state index contributed by atoms with van der Waals surface area (Å²) in [6.45, 7) is 2.22. The van der Waals surface area contributed by atoms with E-state index in [1.54, 1.807) is 6.92 Å². The summed E-state index contributed by atoms with van der Waals surface area (Å²) in [5.41, 5.74) is -0.621. The van der Waals surface area contributed by atoms with Crippen molar-refractivity contribution in [1.82, 2.24) is 19.3 Å². The van der Waals surface area contributed by atoms with Crippen LogP contribution in [-0.2, 0) is 13.2 Å². The molecule has 0 spiro atoms. The van der Waals surface area contributed by atoms with Crippen LogP contribution in [0.1, 0.15) is 19.7 Å². The number of aromatic nitrogens is 4. The van der Waals surface area contributed by atoms with Crippen LogP contribution in [0.25, 0.3) is 16.5 Å². The molecule has 1 atom stereocenters. The Hall–Kier alpha value is -3.64. The van der Waals surface area contributed by atoms with Gasteiger partial charge in [-0.2, -0.15) is 17.9 Å². The third kappa shape index (κ3) is 4.73. The molecular formula is C23H20ClF4N5O3. The van der Waals surface area contributed by atoms with Crippen molar-refractivity contribution in [3.05, 3.63) is 69.7 Å². The molecule has 2 N–H and O–H groups in total. The van der Waals surface area contributed by atoms with Gasteiger partial charge in [0.25, 0.3) is 0 Å². The number of ether oxygens (including phenoxy) is 1. The number of hydrogen-bond donors (Lipinski definition) is 2. The van der Waals surface area contributed by atoms with Crippen LogP contribution in [0.5, 0.6) is 5.75 Å². The number of nitrogens with zero attached hydrogens (tertiary/aromatic N) is 4. The minimum atomic E-state index is -4.70. The van der Waals surface area contributed by atoms with Crippen LogP contribution in [0, 0.1) is 5.82 Å². The summed E-state index contributed by atoms with van der Waals surface area (Å²) in [5, 5.41) is 16.8. The van der Waals surface area contributed by atoms with Crippen molar-refractivity contribution >= 4 is 33.9 Å². The van der Waals surface area contributed by atoms with Gasteiger partial charge in [-0.15, -0.1) is 5.10 Å². The van der Waals surface area contributed by atoms with Gasteiger partial charge in [-0.3, -0.25) is 4.57 Å². The smallest absolute Gasteiger partial charge is 0.425 e. The predicted molar refractivity (Wildman–Crippen MR) is 126 cm³/mol. The lowest BCUT2D eigenvalue weighted by molar-refractivity contribution is -0.188. The Balaban J connectivity index is 1.95. The van der Waals surface area contributed by atoms with Crippen molar-refractivity contribution in [2.75, 3.05) is 5.32 Å². The molecule has 0 saturated carbocycles. The Morgan fingerprint density at radius 1 is 1.25 bits per heavy atom. The third-order valence-electron chi connectivity index (χ3n) is 5.42. The number of para-hydroxylation sites is 1. The summed E-state index contributed by atoms with van der Waals surface area (Å²) >= 11 is 6.10. The first-order chi connectivity index (χ1) is 17.0. The van der Waals surface area contributed by atoms with E-state index in [1.807, 2.05) is 0 Å². The molecule has 0 aliphatic heterocycles. The van der Waals surface area contributed by atoms with Gasteiger partial charge in [0.05, 0.1) is 21.8 Å². The second kappa shape index (κ2) is 9.78. The van der Waals surface area contributed by atoms with Crippen molar-refractivity contribution < 1.29 is 27.4 Å². The average Bonchev–Trinajstić information content (AvgIpc) is 3.16. The summed E-state index contributed by atoms with van der Waals surface area (Å²) in [6, 6.07) is 8.19. The van der Waals surface area contributed by atoms with Crippen LogP contribution in [0.2, 0.25) is 5.02 Å². The fourth-order valence-electron chi connectivity index (χ4n) is 3.61. The Labute approximate surface area is 206 Å². The molecule has 0 fully saturated rings.